The van der Waals surface area contributed by atoms with Crippen LogP contribution in [0, 0.1) is 0 Å². The Balaban J connectivity index is 0.000000433. The fourth-order valence-electron chi connectivity index (χ4n) is 2.23. The molecule has 0 saturated heterocycles. The van der Waals surface area contributed by atoms with E-state index in [1.807, 2.05) is 36.4 Å². The summed E-state index contributed by atoms with van der Waals surface area (Å²) in [6.07, 6.45) is 0.132. The number of carboxylic acids is 1. The second-order valence-electron chi connectivity index (χ2n) is 4.62. The second-order valence-corrected chi connectivity index (χ2v) is 6.26. The van der Waals surface area contributed by atoms with Gasteiger partial charge in [-0.25, -0.2) is 0 Å². The Hall–Kier alpha value is -1.79. The molecule has 0 spiro atoms. The quantitative estimate of drug-likeness (QED) is 0.729. The van der Waals surface area contributed by atoms with Crippen molar-refractivity contribution in [2.24, 2.45) is 0 Å². The predicted molar refractivity (Wildman–Crippen MR) is 89.7 cm³/mol. The first-order valence-corrected chi connectivity index (χ1v) is 8.88. The lowest BCUT2D eigenvalue weighted by Crippen LogP contribution is -2.23. The smallest absolute Gasteiger partial charge is 0.314 e. The van der Waals surface area contributed by atoms with Crippen LogP contribution in [0.3, 0.4) is 0 Å². The number of para-hydroxylation sites is 2. The van der Waals surface area contributed by atoms with Crippen LogP contribution < -0.4 is 4.90 Å². The molecule has 0 bridgehead atoms. The number of carbonyl (C=O) groups is 1. The van der Waals surface area contributed by atoms with Crippen molar-refractivity contribution < 1.29 is 24.3 Å². The largest absolute Gasteiger partial charge is 0.481 e. The van der Waals surface area contributed by atoms with E-state index in [2.05, 4.69) is 17.0 Å². The van der Waals surface area contributed by atoms with Crippen LogP contribution in [0.1, 0.15) is 6.42 Å². The van der Waals surface area contributed by atoms with Crippen LogP contribution >= 0.6 is 20.0 Å². The molecule has 1 aliphatic rings. The number of fused-ring (bicyclic) bond motifs is 2. The third kappa shape index (κ3) is 4.84. The van der Waals surface area contributed by atoms with Crippen LogP contribution in [0.4, 0.5) is 11.4 Å². The maximum atomic E-state index is 10.8. The number of hydrogen-bond acceptors (Lipinski definition) is 4. The van der Waals surface area contributed by atoms with Crippen molar-refractivity contribution in [2.75, 3.05) is 11.4 Å². The molecule has 1 heterocycles. The number of carboxylic acid groups (broad SMARTS) is 1. The molecule has 0 unspecified atom stereocenters. The molecule has 0 aromatic heterocycles. The van der Waals surface area contributed by atoms with Crippen molar-refractivity contribution in [2.45, 2.75) is 16.2 Å². The van der Waals surface area contributed by atoms with Gasteiger partial charge in [-0.1, -0.05) is 36.0 Å². The molecular weight excluding hydrogens is 337 g/mol. The van der Waals surface area contributed by atoms with E-state index in [0.29, 0.717) is 6.54 Å². The molecule has 0 fully saturated rings. The number of nitrogens with zero attached hydrogens (tertiary/aromatic N) is 1. The first-order chi connectivity index (χ1) is 11.0. The van der Waals surface area contributed by atoms with Gasteiger partial charge in [-0.05, 0) is 24.3 Å². The summed E-state index contributed by atoms with van der Waals surface area (Å²) < 4.78 is 8.74. The summed E-state index contributed by atoms with van der Waals surface area (Å²) in [5, 5.41) is 8.91. The highest BCUT2D eigenvalue weighted by Gasteiger charge is 2.22. The van der Waals surface area contributed by atoms with E-state index in [9.17, 15) is 4.79 Å². The summed E-state index contributed by atoms with van der Waals surface area (Å²) in [6, 6.07) is 16.2. The van der Waals surface area contributed by atoms with Gasteiger partial charge >= 0.3 is 14.2 Å². The normalized spacial score (nSPS) is 12.0. The minimum Gasteiger partial charge on any atom is -0.481 e. The molecule has 0 atom stereocenters. The summed E-state index contributed by atoms with van der Waals surface area (Å²) in [7, 11) is -3.13. The average Bonchev–Trinajstić information content (AvgIpc) is 2.50. The fourth-order valence-corrected chi connectivity index (χ4v) is 3.33. The molecule has 23 heavy (non-hydrogen) atoms. The first-order valence-electron chi connectivity index (χ1n) is 6.76. The highest BCUT2D eigenvalue weighted by atomic mass is 32.2. The van der Waals surface area contributed by atoms with E-state index in [-0.39, 0.29) is 6.42 Å². The molecule has 2 aromatic rings. The van der Waals surface area contributed by atoms with Gasteiger partial charge in [0.2, 0.25) is 0 Å². The van der Waals surface area contributed by atoms with Gasteiger partial charge in [0.25, 0.3) is 0 Å². The summed E-state index contributed by atoms with van der Waals surface area (Å²) in [6.45, 7) is 0.490. The zero-order valence-electron chi connectivity index (χ0n) is 12.0. The third-order valence-corrected chi connectivity index (χ3v) is 4.21. The molecule has 6 nitrogen and oxygen atoms in total. The third-order valence-electron chi connectivity index (χ3n) is 3.08. The zero-order chi connectivity index (χ0) is 16.8. The topological polar surface area (TPSA) is 98.1 Å². The molecular formula is C15H16NO5PS. The highest BCUT2D eigenvalue weighted by molar-refractivity contribution is 7.99. The van der Waals surface area contributed by atoms with E-state index in [1.54, 1.807) is 11.8 Å². The number of benzene rings is 2. The lowest BCUT2D eigenvalue weighted by Gasteiger charge is -2.32. The Bertz CT molecular complexity index is 675. The highest BCUT2D eigenvalue weighted by Crippen LogP contribution is 2.47. The van der Waals surface area contributed by atoms with E-state index < -0.39 is 14.2 Å². The van der Waals surface area contributed by atoms with Crippen LogP contribution in [0.25, 0.3) is 0 Å². The van der Waals surface area contributed by atoms with Gasteiger partial charge in [0, 0.05) is 16.3 Å². The minimum atomic E-state index is -3.13. The molecule has 3 rings (SSSR count). The standard InChI is InChI=1S/C15H13NO2S.H3O3P/c17-15(18)9-10-16-11-5-1-3-7-13(11)19-14-8-4-2-6-12(14)16;1-4(2)3/h1-8H,9-10H2,(H,17,18);4H,(H2,1,2,3). The van der Waals surface area contributed by atoms with E-state index >= 15 is 0 Å². The molecule has 0 aliphatic carbocycles. The molecule has 0 saturated carbocycles. The van der Waals surface area contributed by atoms with Crippen LogP contribution in [0.2, 0.25) is 0 Å². The number of hydrogen-bond donors (Lipinski definition) is 3. The number of aliphatic carboxylic acids is 1. The summed E-state index contributed by atoms with van der Waals surface area (Å²) in [5.74, 6) is -0.770. The Kier molecular flexibility index (Phi) is 6.24. The van der Waals surface area contributed by atoms with Gasteiger partial charge < -0.3 is 19.8 Å². The van der Waals surface area contributed by atoms with Crippen LogP contribution in [-0.4, -0.2) is 27.4 Å². The average molecular weight is 353 g/mol. The van der Waals surface area contributed by atoms with Gasteiger partial charge in [0.15, 0.2) is 0 Å². The van der Waals surface area contributed by atoms with Crippen molar-refractivity contribution in [3.05, 3.63) is 48.5 Å². The summed E-state index contributed by atoms with van der Waals surface area (Å²) in [4.78, 5) is 29.6. The Morgan fingerprint density at radius 1 is 1.00 bits per heavy atom. The molecule has 2 aromatic carbocycles. The van der Waals surface area contributed by atoms with Crippen molar-refractivity contribution >= 4 is 37.4 Å². The first kappa shape index (κ1) is 17.6. The zero-order valence-corrected chi connectivity index (χ0v) is 13.9. The summed E-state index contributed by atoms with van der Waals surface area (Å²) in [5.41, 5.74) is 2.18. The number of anilines is 2. The van der Waals surface area contributed by atoms with Crippen molar-refractivity contribution in [3.63, 3.8) is 0 Å². The summed E-state index contributed by atoms with van der Waals surface area (Å²) >= 11 is 1.73. The SMILES string of the molecule is O=C(O)CCN1c2ccccc2Sc2ccccc21.O=[PH](O)O. The fraction of sp³-hybridized carbons (Fsp3) is 0.133. The van der Waals surface area contributed by atoms with Gasteiger partial charge in [-0.15, -0.1) is 0 Å². The van der Waals surface area contributed by atoms with E-state index in [1.165, 1.54) is 9.79 Å². The van der Waals surface area contributed by atoms with Crippen LogP contribution in [-0.2, 0) is 9.36 Å². The lowest BCUT2D eigenvalue weighted by atomic mass is 10.2. The second kappa shape index (κ2) is 8.17. The van der Waals surface area contributed by atoms with Gasteiger partial charge in [-0.3, -0.25) is 9.36 Å². The maximum Gasteiger partial charge on any atom is 0.314 e. The molecule has 8 heteroatoms. The molecule has 3 N–H and O–H groups in total. The lowest BCUT2D eigenvalue weighted by molar-refractivity contribution is -0.136. The molecule has 1 aliphatic heterocycles. The van der Waals surface area contributed by atoms with E-state index in [4.69, 9.17) is 19.5 Å². The van der Waals surface area contributed by atoms with E-state index in [0.717, 1.165) is 11.4 Å². The molecule has 0 radical (unpaired) electrons. The molecule has 122 valence electrons. The van der Waals surface area contributed by atoms with Crippen molar-refractivity contribution in [1.29, 1.82) is 0 Å². The van der Waals surface area contributed by atoms with Crippen molar-refractivity contribution in [1.82, 2.24) is 0 Å². The van der Waals surface area contributed by atoms with Gasteiger partial charge in [0.1, 0.15) is 0 Å². The van der Waals surface area contributed by atoms with Gasteiger partial charge in [0.05, 0.1) is 17.8 Å². The van der Waals surface area contributed by atoms with Crippen molar-refractivity contribution in [3.8, 4) is 0 Å². The van der Waals surface area contributed by atoms with Crippen LogP contribution in [0.5, 0.6) is 0 Å². The Morgan fingerprint density at radius 2 is 1.43 bits per heavy atom. The Morgan fingerprint density at radius 3 is 1.87 bits per heavy atom. The van der Waals surface area contributed by atoms with Crippen LogP contribution in [0.15, 0.2) is 58.3 Å². The minimum absolute atomic E-state index is 0.132. The van der Waals surface area contributed by atoms with Gasteiger partial charge in [-0.2, -0.15) is 0 Å². The molecule has 0 amide bonds. The maximum absolute atomic E-state index is 10.8. The number of rotatable bonds is 3. The predicted octanol–water partition coefficient (Wildman–Crippen LogP) is 3.12. The Labute approximate surface area is 138 Å². The monoisotopic (exact) mass is 353 g/mol.